The summed E-state index contributed by atoms with van der Waals surface area (Å²) >= 11 is 0. The second-order valence-electron chi connectivity index (χ2n) is 6.91. The summed E-state index contributed by atoms with van der Waals surface area (Å²) in [6.07, 6.45) is -7.29. The highest BCUT2D eigenvalue weighted by Crippen LogP contribution is 2.27. The summed E-state index contributed by atoms with van der Waals surface area (Å²) in [7, 11) is 1.27. The summed E-state index contributed by atoms with van der Waals surface area (Å²) in [6.45, 7) is 4.98. The van der Waals surface area contributed by atoms with Crippen molar-refractivity contribution in [2.45, 2.75) is 57.1 Å². The predicted molar refractivity (Wildman–Crippen MR) is 89.2 cm³/mol. The van der Waals surface area contributed by atoms with Crippen molar-refractivity contribution >= 4 is 11.9 Å². The molecular formula is C18H24O8. The molecular weight excluding hydrogens is 344 g/mol. The molecule has 1 aromatic rings. The topological polar surface area (TPSA) is 112 Å². The predicted octanol–water partition coefficient (Wildman–Crippen LogP) is 0.647. The summed E-state index contributed by atoms with van der Waals surface area (Å²) in [5.74, 6) is -1.57. The van der Waals surface area contributed by atoms with Crippen molar-refractivity contribution in [2.24, 2.45) is 0 Å². The highest BCUT2D eigenvalue weighted by molar-refractivity contribution is 5.89. The number of carbonyl (C=O) groups excluding carboxylic acids is 2. The molecule has 1 aliphatic heterocycles. The molecule has 0 bridgehead atoms. The first-order valence-corrected chi connectivity index (χ1v) is 8.17. The molecule has 8 nitrogen and oxygen atoms in total. The highest BCUT2D eigenvalue weighted by Gasteiger charge is 2.50. The Morgan fingerprint density at radius 3 is 2.23 bits per heavy atom. The molecule has 26 heavy (non-hydrogen) atoms. The number of carbonyl (C=O) groups is 2. The normalized spacial score (nSPS) is 29.1. The fourth-order valence-corrected chi connectivity index (χ4v) is 2.47. The molecule has 0 amide bonds. The molecule has 1 aromatic carbocycles. The van der Waals surface area contributed by atoms with E-state index in [4.69, 9.17) is 18.9 Å². The minimum atomic E-state index is -1.65. The van der Waals surface area contributed by atoms with Gasteiger partial charge in [-0.15, -0.1) is 0 Å². The molecule has 5 atom stereocenters. The lowest BCUT2D eigenvalue weighted by molar-refractivity contribution is -0.289. The molecule has 2 N–H and O–H groups in total. The molecule has 144 valence electrons. The Labute approximate surface area is 151 Å². The zero-order valence-corrected chi connectivity index (χ0v) is 15.1. The molecule has 0 aliphatic carbocycles. The van der Waals surface area contributed by atoms with Gasteiger partial charge in [0.15, 0.2) is 18.5 Å². The van der Waals surface area contributed by atoms with Gasteiger partial charge in [-0.1, -0.05) is 18.2 Å². The molecule has 0 saturated carbocycles. The lowest BCUT2D eigenvalue weighted by Gasteiger charge is -2.40. The standard InChI is InChI=1S/C18H24O8/c1-18(2,3)26-16(22)13-11(19)12(20)14(17(23-4)25-13)24-15(21)10-8-6-5-7-9-10/h5-9,11-14,17,19-20H,1-4H3/t11-,12-,13+,14+,17+/m0/s1. The number of rotatable bonds is 4. The fourth-order valence-electron chi connectivity index (χ4n) is 2.47. The van der Waals surface area contributed by atoms with Crippen LogP contribution in [-0.4, -0.2) is 65.6 Å². The number of ether oxygens (including phenoxy) is 4. The van der Waals surface area contributed by atoms with Gasteiger partial charge in [-0.05, 0) is 32.9 Å². The van der Waals surface area contributed by atoms with E-state index in [1.165, 1.54) is 7.11 Å². The van der Waals surface area contributed by atoms with Crippen LogP contribution in [-0.2, 0) is 23.7 Å². The number of aliphatic hydroxyl groups is 2. The summed E-state index contributed by atoms with van der Waals surface area (Å²) in [4.78, 5) is 24.4. The first-order chi connectivity index (χ1) is 12.1. The number of benzene rings is 1. The van der Waals surface area contributed by atoms with Crippen LogP contribution < -0.4 is 0 Å². The third kappa shape index (κ3) is 4.79. The van der Waals surface area contributed by atoms with Gasteiger partial charge in [-0.3, -0.25) is 0 Å². The van der Waals surface area contributed by atoms with E-state index < -0.39 is 48.2 Å². The van der Waals surface area contributed by atoms with Crippen LogP contribution in [0.2, 0.25) is 0 Å². The van der Waals surface area contributed by atoms with Crippen LogP contribution in [0.3, 0.4) is 0 Å². The molecule has 0 unspecified atom stereocenters. The van der Waals surface area contributed by atoms with Crippen LogP contribution in [0.5, 0.6) is 0 Å². The van der Waals surface area contributed by atoms with E-state index in [-0.39, 0.29) is 5.56 Å². The molecule has 1 heterocycles. The van der Waals surface area contributed by atoms with Crippen LogP contribution in [0.4, 0.5) is 0 Å². The number of hydrogen-bond donors (Lipinski definition) is 2. The van der Waals surface area contributed by atoms with Gasteiger partial charge in [-0.2, -0.15) is 0 Å². The second kappa shape index (κ2) is 8.13. The summed E-state index contributed by atoms with van der Waals surface area (Å²) in [6, 6.07) is 8.14. The van der Waals surface area contributed by atoms with Gasteiger partial charge in [-0.25, -0.2) is 9.59 Å². The first kappa shape index (κ1) is 20.3. The quantitative estimate of drug-likeness (QED) is 0.745. The maximum absolute atomic E-state index is 12.2. The Kier molecular flexibility index (Phi) is 6.35. The van der Waals surface area contributed by atoms with Crippen LogP contribution in [0.25, 0.3) is 0 Å². The molecule has 0 radical (unpaired) electrons. The Hall–Kier alpha value is -2.00. The Bertz CT molecular complexity index is 622. The van der Waals surface area contributed by atoms with Crippen LogP contribution in [0.1, 0.15) is 31.1 Å². The first-order valence-electron chi connectivity index (χ1n) is 8.17. The number of methoxy groups -OCH3 is 1. The van der Waals surface area contributed by atoms with Crippen molar-refractivity contribution < 1.29 is 38.7 Å². The zero-order valence-electron chi connectivity index (χ0n) is 15.1. The van der Waals surface area contributed by atoms with Gasteiger partial charge < -0.3 is 29.2 Å². The van der Waals surface area contributed by atoms with Crippen molar-refractivity contribution in [1.82, 2.24) is 0 Å². The molecule has 1 fully saturated rings. The number of aliphatic hydroxyl groups excluding tert-OH is 2. The average molecular weight is 368 g/mol. The maximum atomic E-state index is 12.2. The van der Waals surface area contributed by atoms with Crippen molar-refractivity contribution in [2.75, 3.05) is 7.11 Å². The molecule has 0 spiro atoms. The fraction of sp³-hybridized carbons (Fsp3) is 0.556. The average Bonchev–Trinajstić information content (AvgIpc) is 2.58. The highest BCUT2D eigenvalue weighted by atomic mass is 16.7. The maximum Gasteiger partial charge on any atom is 0.338 e. The van der Waals surface area contributed by atoms with Crippen LogP contribution in [0, 0.1) is 0 Å². The van der Waals surface area contributed by atoms with Gasteiger partial charge in [0, 0.05) is 7.11 Å². The lowest BCUT2D eigenvalue weighted by Crippen LogP contribution is -2.62. The largest absolute Gasteiger partial charge is 0.458 e. The number of hydrogen-bond acceptors (Lipinski definition) is 8. The van der Waals surface area contributed by atoms with E-state index in [1.807, 2.05) is 0 Å². The van der Waals surface area contributed by atoms with Crippen molar-refractivity contribution in [3.63, 3.8) is 0 Å². The molecule has 1 aliphatic rings. The minimum absolute atomic E-state index is 0.262. The Morgan fingerprint density at radius 1 is 1.08 bits per heavy atom. The minimum Gasteiger partial charge on any atom is -0.458 e. The number of esters is 2. The van der Waals surface area contributed by atoms with Crippen molar-refractivity contribution in [1.29, 1.82) is 0 Å². The third-order valence-corrected chi connectivity index (χ3v) is 3.67. The monoisotopic (exact) mass is 368 g/mol. The lowest BCUT2D eigenvalue weighted by atomic mass is 9.98. The zero-order chi connectivity index (χ0) is 19.5. The molecule has 2 rings (SSSR count). The van der Waals surface area contributed by atoms with E-state index in [1.54, 1.807) is 51.1 Å². The van der Waals surface area contributed by atoms with Gasteiger partial charge in [0.05, 0.1) is 5.56 Å². The van der Waals surface area contributed by atoms with Crippen molar-refractivity contribution in [3.8, 4) is 0 Å². The summed E-state index contributed by atoms with van der Waals surface area (Å²) < 4.78 is 20.9. The van der Waals surface area contributed by atoms with E-state index in [0.717, 1.165) is 0 Å². The summed E-state index contributed by atoms with van der Waals surface area (Å²) in [5.41, 5.74) is -0.539. The second-order valence-corrected chi connectivity index (χ2v) is 6.91. The van der Waals surface area contributed by atoms with E-state index in [0.29, 0.717) is 0 Å². The van der Waals surface area contributed by atoms with E-state index in [2.05, 4.69) is 0 Å². The summed E-state index contributed by atoms with van der Waals surface area (Å²) in [5, 5.41) is 20.6. The Morgan fingerprint density at radius 2 is 1.69 bits per heavy atom. The third-order valence-electron chi connectivity index (χ3n) is 3.67. The van der Waals surface area contributed by atoms with Gasteiger partial charge in [0.25, 0.3) is 0 Å². The van der Waals surface area contributed by atoms with Crippen LogP contribution in [0.15, 0.2) is 30.3 Å². The van der Waals surface area contributed by atoms with Crippen molar-refractivity contribution in [3.05, 3.63) is 35.9 Å². The molecule has 8 heteroatoms. The molecule has 0 aromatic heterocycles. The SMILES string of the molecule is CO[C@@H]1O[C@@H](C(=O)OC(C)(C)C)[C@@H](O)[C@H](O)[C@H]1OC(=O)c1ccccc1. The van der Waals surface area contributed by atoms with Gasteiger partial charge >= 0.3 is 11.9 Å². The smallest absolute Gasteiger partial charge is 0.338 e. The van der Waals surface area contributed by atoms with Crippen LogP contribution >= 0.6 is 0 Å². The molecule has 1 saturated heterocycles. The van der Waals surface area contributed by atoms with E-state index >= 15 is 0 Å². The van der Waals surface area contributed by atoms with Gasteiger partial charge in [0.2, 0.25) is 0 Å². The van der Waals surface area contributed by atoms with E-state index in [9.17, 15) is 19.8 Å². The Balaban J connectivity index is 2.13. The van der Waals surface area contributed by atoms with Gasteiger partial charge in [0.1, 0.15) is 17.8 Å².